The molecule has 0 saturated heterocycles. The zero-order chi connectivity index (χ0) is 18.4. The van der Waals surface area contributed by atoms with Gasteiger partial charge in [-0.15, -0.1) is 0 Å². The monoisotopic (exact) mass is 343 g/mol. The first-order chi connectivity index (χ1) is 11.9. The molecule has 0 spiro atoms. The van der Waals surface area contributed by atoms with E-state index in [1.54, 1.807) is 31.4 Å². The van der Waals surface area contributed by atoms with Crippen molar-refractivity contribution in [2.45, 2.75) is 20.4 Å². The largest absolute Gasteiger partial charge is 0.497 e. The molecule has 2 N–H and O–H groups in total. The first-order valence-corrected chi connectivity index (χ1v) is 7.69. The number of carbonyl (C=O) groups excluding carboxylic acids is 2. The summed E-state index contributed by atoms with van der Waals surface area (Å²) in [6.07, 6.45) is 0. The lowest BCUT2D eigenvalue weighted by Gasteiger charge is -2.11. The van der Waals surface area contributed by atoms with E-state index in [0.29, 0.717) is 22.9 Å². The number of hydrogen-bond donors (Lipinski definition) is 2. The van der Waals surface area contributed by atoms with Crippen LogP contribution in [0.25, 0.3) is 0 Å². The number of amides is 2. The van der Waals surface area contributed by atoms with Gasteiger partial charge in [0.1, 0.15) is 5.75 Å². The maximum Gasteiger partial charge on any atom is 0.313 e. The fourth-order valence-electron chi connectivity index (χ4n) is 2.21. The second kappa shape index (κ2) is 8.14. The second-order valence-electron chi connectivity index (χ2n) is 5.44. The third-order valence-corrected chi connectivity index (χ3v) is 3.60. The lowest BCUT2D eigenvalue weighted by Crippen LogP contribution is -2.35. The number of nitrogens with zero attached hydrogens (tertiary/aromatic N) is 1. The highest BCUT2D eigenvalue weighted by Crippen LogP contribution is 2.21. The average Bonchev–Trinajstić information content (AvgIpc) is 2.61. The zero-order valence-corrected chi connectivity index (χ0v) is 14.7. The Labute approximate surface area is 146 Å². The van der Waals surface area contributed by atoms with Crippen molar-refractivity contribution in [2.24, 2.45) is 0 Å². The molecule has 25 heavy (non-hydrogen) atoms. The van der Waals surface area contributed by atoms with Crippen LogP contribution >= 0.6 is 0 Å². The van der Waals surface area contributed by atoms with Gasteiger partial charge in [-0.05, 0) is 43.7 Å². The number of carbonyl (C=O) groups is 2. The molecule has 1 heterocycles. The van der Waals surface area contributed by atoms with Gasteiger partial charge in [0, 0.05) is 23.5 Å². The summed E-state index contributed by atoms with van der Waals surface area (Å²) in [7, 11) is 3.07. The minimum absolute atomic E-state index is 0.143. The molecule has 2 aromatic rings. The molecule has 7 nitrogen and oxygen atoms in total. The van der Waals surface area contributed by atoms with Crippen molar-refractivity contribution in [1.82, 2.24) is 10.3 Å². The van der Waals surface area contributed by atoms with E-state index < -0.39 is 11.8 Å². The molecule has 132 valence electrons. The highest BCUT2D eigenvalue weighted by atomic mass is 16.5. The van der Waals surface area contributed by atoms with E-state index in [1.807, 2.05) is 19.9 Å². The zero-order valence-electron chi connectivity index (χ0n) is 14.7. The number of ether oxygens (including phenoxy) is 2. The Morgan fingerprint density at radius 3 is 2.44 bits per heavy atom. The topological polar surface area (TPSA) is 89.5 Å². The Balaban J connectivity index is 1.98. The smallest absolute Gasteiger partial charge is 0.313 e. The quantitative estimate of drug-likeness (QED) is 0.810. The number of aromatic nitrogens is 1. The van der Waals surface area contributed by atoms with Gasteiger partial charge < -0.3 is 20.1 Å². The van der Waals surface area contributed by atoms with Crippen LogP contribution in [0.15, 0.2) is 30.3 Å². The van der Waals surface area contributed by atoms with Gasteiger partial charge in [0.05, 0.1) is 14.2 Å². The second-order valence-corrected chi connectivity index (χ2v) is 5.44. The van der Waals surface area contributed by atoms with Crippen LogP contribution in [0.3, 0.4) is 0 Å². The van der Waals surface area contributed by atoms with Gasteiger partial charge in [0.15, 0.2) is 0 Å². The van der Waals surface area contributed by atoms with Gasteiger partial charge >= 0.3 is 11.8 Å². The molecule has 2 amide bonds. The number of methoxy groups -OCH3 is 2. The first-order valence-electron chi connectivity index (χ1n) is 7.69. The molecule has 0 unspecified atom stereocenters. The summed E-state index contributed by atoms with van der Waals surface area (Å²) >= 11 is 0. The van der Waals surface area contributed by atoms with E-state index in [4.69, 9.17) is 9.47 Å². The summed E-state index contributed by atoms with van der Waals surface area (Å²) in [5.74, 6) is -0.379. The number of benzene rings is 1. The maximum absolute atomic E-state index is 12.0. The number of hydrogen-bond acceptors (Lipinski definition) is 5. The van der Waals surface area contributed by atoms with Crippen molar-refractivity contribution in [3.8, 4) is 11.6 Å². The molecule has 7 heteroatoms. The molecule has 0 atom stereocenters. The van der Waals surface area contributed by atoms with Gasteiger partial charge in [-0.1, -0.05) is 6.07 Å². The lowest BCUT2D eigenvalue weighted by atomic mass is 10.2. The van der Waals surface area contributed by atoms with E-state index in [1.165, 1.54) is 7.11 Å². The van der Waals surface area contributed by atoms with Gasteiger partial charge in [0.2, 0.25) is 5.88 Å². The van der Waals surface area contributed by atoms with Gasteiger partial charge in [-0.25, -0.2) is 4.98 Å². The molecular weight excluding hydrogens is 322 g/mol. The van der Waals surface area contributed by atoms with E-state index in [9.17, 15) is 9.59 Å². The Hall–Kier alpha value is -3.09. The highest BCUT2D eigenvalue weighted by Gasteiger charge is 2.16. The Morgan fingerprint density at radius 2 is 1.80 bits per heavy atom. The standard InChI is InChI=1S/C18H21N3O4/c1-11-9-14(24-3)7-8-15(11)21-17(23)16(22)19-10-13-6-5-12(2)20-18(13)25-4/h5-9H,10H2,1-4H3,(H,19,22)(H,21,23). The number of nitrogens with one attached hydrogen (secondary N) is 2. The fourth-order valence-corrected chi connectivity index (χ4v) is 2.21. The SMILES string of the molecule is COc1ccc(NC(=O)C(=O)NCc2ccc(C)nc2OC)c(C)c1. The highest BCUT2D eigenvalue weighted by molar-refractivity contribution is 6.39. The van der Waals surface area contributed by atoms with Crippen molar-refractivity contribution in [2.75, 3.05) is 19.5 Å². The molecule has 0 aliphatic carbocycles. The predicted octanol–water partition coefficient (Wildman–Crippen LogP) is 1.97. The summed E-state index contributed by atoms with van der Waals surface area (Å²) < 4.78 is 10.3. The normalized spacial score (nSPS) is 10.1. The van der Waals surface area contributed by atoms with Crippen molar-refractivity contribution >= 4 is 17.5 Å². The van der Waals surface area contributed by atoms with Crippen molar-refractivity contribution in [3.05, 3.63) is 47.2 Å². The van der Waals surface area contributed by atoms with Crippen molar-refractivity contribution in [1.29, 1.82) is 0 Å². The third kappa shape index (κ3) is 4.69. The summed E-state index contributed by atoms with van der Waals surface area (Å²) in [6.45, 7) is 3.80. The molecule has 1 aromatic carbocycles. The molecule has 0 bridgehead atoms. The number of pyridine rings is 1. The van der Waals surface area contributed by atoms with E-state index >= 15 is 0 Å². The van der Waals surface area contributed by atoms with Gasteiger partial charge in [0.25, 0.3) is 0 Å². The van der Waals surface area contributed by atoms with Crippen LogP contribution in [0, 0.1) is 13.8 Å². The molecule has 0 fully saturated rings. The Bertz CT molecular complexity index is 790. The average molecular weight is 343 g/mol. The summed E-state index contributed by atoms with van der Waals surface area (Å²) in [5, 5.41) is 5.14. The summed E-state index contributed by atoms with van der Waals surface area (Å²) in [6, 6.07) is 8.78. The molecular formula is C18H21N3O4. The molecule has 0 aliphatic heterocycles. The molecule has 0 aliphatic rings. The fraction of sp³-hybridized carbons (Fsp3) is 0.278. The Kier molecular flexibility index (Phi) is 5.94. The number of rotatable bonds is 5. The third-order valence-electron chi connectivity index (χ3n) is 3.60. The maximum atomic E-state index is 12.0. The van der Waals surface area contributed by atoms with Crippen LogP contribution in [-0.4, -0.2) is 31.0 Å². The summed E-state index contributed by atoms with van der Waals surface area (Å²) in [4.78, 5) is 28.3. The van der Waals surface area contributed by atoms with Crippen molar-refractivity contribution < 1.29 is 19.1 Å². The van der Waals surface area contributed by atoms with Crippen LogP contribution in [0.1, 0.15) is 16.8 Å². The molecule has 0 saturated carbocycles. The van der Waals surface area contributed by atoms with Crippen LogP contribution in [0.4, 0.5) is 5.69 Å². The van der Waals surface area contributed by atoms with E-state index in [-0.39, 0.29) is 6.54 Å². The molecule has 1 aromatic heterocycles. The number of anilines is 1. The minimum Gasteiger partial charge on any atom is -0.497 e. The van der Waals surface area contributed by atoms with Gasteiger partial charge in [-0.3, -0.25) is 9.59 Å². The molecule has 0 radical (unpaired) electrons. The van der Waals surface area contributed by atoms with Crippen LogP contribution < -0.4 is 20.1 Å². The number of aryl methyl sites for hydroxylation is 2. The van der Waals surface area contributed by atoms with Crippen LogP contribution in [0.5, 0.6) is 11.6 Å². The lowest BCUT2D eigenvalue weighted by molar-refractivity contribution is -0.136. The summed E-state index contributed by atoms with van der Waals surface area (Å²) in [5.41, 5.74) is 2.84. The van der Waals surface area contributed by atoms with Gasteiger partial charge in [-0.2, -0.15) is 0 Å². The minimum atomic E-state index is -0.743. The first kappa shape index (κ1) is 18.3. The van der Waals surface area contributed by atoms with Crippen LogP contribution in [0.2, 0.25) is 0 Å². The van der Waals surface area contributed by atoms with E-state index in [0.717, 1.165) is 11.3 Å². The van der Waals surface area contributed by atoms with Crippen molar-refractivity contribution in [3.63, 3.8) is 0 Å². The Morgan fingerprint density at radius 1 is 1.04 bits per heavy atom. The van der Waals surface area contributed by atoms with E-state index in [2.05, 4.69) is 15.6 Å². The molecule has 2 rings (SSSR count). The predicted molar refractivity (Wildman–Crippen MR) is 93.7 cm³/mol. The van der Waals surface area contributed by atoms with Crippen LogP contribution in [-0.2, 0) is 16.1 Å².